The summed E-state index contributed by atoms with van der Waals surface area (Å²) < 4.78 is 0. The SMILES string of the molecule is C[C@@H](N)[C@H](NC(=O)c1ccc(C=CC#CC2CC2)cc1)C(=O)NO. The van der Waals surface area contributed by atoms with Crippen LogP contribution in [0.25, 0.3) is 6.08 Å². The van der Waals surface area contributed by atoms with Gasteiger partial charge < -0.3 is 11.1 Å². The molecule has 0 bridgehead atoms. The van der Waals surface area contributed by atoms with Gasteiger partial charge in [-0.15, -0.1) is 0 Å². The molecule has 0 heterocycles. The first kappa shape index (κ1) is 17.7. The van der Waals surface area contributed by atoms with Gasteiger partial charge in [-0.1, -0.05) is 24.0 Å². The highest BCUT2D eigenvalue weighted by Crippen LogP contribution is 2.27. The molecule has 1 fully saturated rings. The Morgan fingerprint density at radius 2 is 2.00 bits per heavy atom. The standard InChI is InChI=1S/C18H21N3O3/c1-12(19)16(18(23)21-24)20-17(22)15-10-8-14(9-11-15)5-3-2-4-13-6-7-13/h3,5,8-13,16,24H,6-7,19H2,1H3,(H,20,22)(H,21,23)/t12-,16+/m1/s1. The molecule has 0 spiro atoms. The van der Waals surface area contributed by atoms with Crippen molar-refractivity contribution in [2.75, 3.05) is 0 Å². The van der Waals surface area contributed by atoms with Gasteiger partial charge in [-0.05, 0) is 49.6 Å². The van der Waals surface area contributed by atoms with Crippen LogP contribution in [0.2, 0.25) is 0 Å². The molecule has 0 aliphatic heterocycles. The number of allylic oxidation sites excluding steroid dienone is 1. The van der Waals surface area contributed by atoms with Crippen molar-refractivity contribution in [3.8, 4) is 11.8 Å². The maximum Gasteiger partial charge on any atom is 0.267 e. The van der Waals surface area contributed by atoms with Crippen molar-refractivity contribution < 1.29 is 14.8 Å². The number of nitrogens with one attached hydrogen (secondary N) is 2. The Balaban J connectivity index is 1.97. The lowest BCUT2D eigenvalue weighted by molar-refractivity contribution is -0.131. The minimum absolute atomic E-state index is 0.396. The zero-order valence-corrected chi connectivity index (χ0v) is 13.5. The van der Waals surface area contributed by atoms with Crippen molar-refractivity contribution in [2.45, 2.75) is 31.8 Å². The van der Waals surface area contributed by atoms with Crippen LogP contribution in [0.15, 0.2) is 30.3 Å². The van der Waals surface area contributed by atoms with Crippen molar-refractivity contribution in [3.05, 3.63) is 41.5 Å². The molecule has 0 aromatic heterocycles. The molecule has 1 aliphatic carbocycles. The van der Waals surface area contributed by atoms with E-state index in [1.165, 1.54) is 18.3 Å². The van der Waals surface area contributed by atoms with E-state index in [9.17, 15) is 9.59 Å². The molecule has 1 aliphatic rings. The highest BCUT2D eigenvalue weighted by atomic mass is 16.5. The molecule has 5 N–H and O–H groups in total. The maximum atomic E-state index is 12.2. The molecule has 24 heavy (non-hydrogen) atoms. The van der Waals surface area contributed by atoms with Crippen molar-refractivity contribution in [2.24, 2.45) is 11.7 Å². The smallest absolute Gasteiger partial charge is 0.267 e. The van der Waals surface area contributed by atoms with Crippen LogP contribution >= 0.6 is 0 Å². The Labute approximate surface area is 141 Å². The second kappa shape index (κ2) is 8.29. The first-order valence-electron chi connectivity index (χ1n) is 7.79. The fourth-order valence-electron chi connectivity index (χ4n) is 2.01. The number of carbonyl (C=O) groups excluding carboxylic acids is 2. The molecule has 0 saturated heterocycles. The van der Waals surface area contributed by atoms with E-state index in [2.05, 4.69) is 17.2 Å². The highest BCUT2D eigenvalue weighted by molar-refractivity contribution is 5.97. The Morgan fingerprint density at radius 3 is 2.54 bits per heavy atom. The van der Waals surface area contributed by atoms with E-state index in [0.717, 1.165) is 5.56 Å². The summed E-state index contributed by atoms with van der Waals surface area (Å²) in [6.07, 6.45) is 6.06. The second-order valence-electron chi connectivity index (χ2n) is 5.80. The number of hydroxylamine groups is 1. The molecule has 1 aromatic rings. The molecular weight excluding hydrogens is 306 g/mol. The van der Waals surface area contributed by atoms with Gasteiger partial charge in [-0.25, -0.2) is 5.48 Å². The van der Waals surface area contributed by atoms with Crippen molar-refractivity contribution in [1.29, 1.82) is 0 Å². The van der Waals surface area contributed by atoms with E-state index in [-0.39, 0.29) is 0 Å². The van der Waals surface area contributed by atoms with Crippen LogP contribution in [0.3, 0.4) is 0 Å². The lowest BCUT2D eigenvalue weighted by Gasteiger charge is -2.20. The number of rotatable bonds is 5. The predicted molar refractivity (Wildman–Crippen MR) is 90.8 cm³/mol. The quantitative estimate of drug-likeness (QED) is 0.369. The van der Waals surface area contributed by atoms with Crippen LogP contribution in [-0.2, 0) is 4.79 Å². The van der Waals surface area contributed by atoms with Crippen molar-refractivity contribution in [3.63, 3.8) is 0 Å². The van der Waals surface area contributed by atoms with E-state index in [1.807, 2.05) is 6.08 Å². The average Bonchev–Trinajstić information content (AvgIpc) is 3.40. The first-order chi connectivity index (χ1) is 11.5. The largest absolute Gasteiger partial charge is 0.339 e. The summed E-state index contributed by atoms with van der Waals surface area (Å²) in [6, 6.07) is 5.22. The van der Waals surface area contributed by atoms with Crippen LogP contribution in [0.5, 0.6) is 0 Å². The van der Waals surface area contributed by atoms with Gasteiger partial charge in [0.05, 0.1) is 0 Å². The van der Waals surface area contributed by atoms with Crippen LogP contribution in [0.1, 0.15) is 35.7 Å². The van der Waals surface area contributed by atoms with Gasteiger partial charge in [0.15, 0.2) is 0 Å². The molecule has 6 nitrogen and oxygen atoms in total. The first-order valence-corrected chi connectivity index (χ1v) is 7.79. The summed E-state index contributed by atoms with van der Waals surface area (Å²) in [6.45, 7) is 1.57. The lowest BCUT2D eigenvalue weighted by atomic mass is 10.1. The summed E-state index contributed by atoms with van der Waals surface area (Å²) in [7, 11) is 0. The number of amides is 2. The summed E-state index contributed by atoms with van der Waals surface area (Å²) in [4.78, 5) is 23.7. The topological polar surface area (TPSA) is 104 Å². The number of nitrogens with two attached hydrogens (primary N) is 1. The number of hydrogen-bond acceptors (Lipinski definition) is 4. The molecule has 1 saturated carbocycles. The Morgan fingerprint density at radius 1 is 1.33 bits per heavy atom. The molecule has 6 heteroatoms. The Hall–Kier alpha value is -2.62. The fourth-order valence-corrected chi connectivity index (χ4v) is 2.01. The lowest BCUT2D eigenvalue weighted by Crippen LogP contribution is -2.54. The van der Waals surface area contributed by atoms with E-state index in [0.29, 0.717) is 11.5 Å². The molecule has 2 amide bonds. The summed E-state index contributed by atoms with van der Waals surface area (Å²) in [5, 5.41) is 11.2. The molecule has 2 atom stereocenters. The molecule has 0 radical (unpaired) electrons. The normalized spacial score (nSPS) is 16.0. The summed E-state index contributed by atoms with van der Waals surface area (Å²) in [5.74, 6) is 5.50. The van der Waals surface area contributed by atoms with Crippen LogP contribution in [0.4, 0.5) is 0 Å². The Kier molecular flexibility index (Phi) is 6.13. The molecule has 126 valence electrons. The molecule has 2 rings (SSSR count). The van der Waals surface area contributed by atoms with Gasteiger partial charge >= 0.3 is 0 Å². The van der Waals surface area contributed by atoms with E-state index < -0.39 is 23.9 Å². The predicted octanol–water partition coefficient (Wildman–Crippen LogP) is 1.06. The van der Waals surface area contributed by atoms with Gasteiger partial charge in [0.2, 0.25) is 0 Å². The fraction of sp³-hybridized carbons (Fsp3) is 0.333. The van der Waals surface area contributed by atoms with Crippen molar-refractivity contribution >= 4 is 17.9 Å². The molecule has 1 aromatic carbocycles. The van der Waals surface area contributed by atoms with Crippen LogP contribution < -0.4 is 16.5 Å². The van der Waals surface area contributed by atoms with Gasteiger partial charge in [0.1, 0.15) is 6.04 Å². The van der Waals surface area contributed by atoms with Gasteiger partial charge in [-0.3, -0.25) is 14.8 Å². The molecule has 0 unspecified atom stereocenters. The Bertz CT molecular complexity index is 680. The van der Waals surface area contributed by atoms with Crippen LogP contribution in [0, 0.1) is 17.8 Å². The third-order valence-electron chi connectivity index (χ3n) is 3.60. The monoisotopic (exact) mass is 327 g/mol. The highest BCUT2D eigenvalue weighted by Gasteiger charge is 2.24. The van der Waals surface area contributed by atoms with Gasteiger partial charge in [0.25, 0.3) is 11.8 Å². The minimum Gasteiger partial charge on any atom is -0.339 e. The van der Waals surface area contributed by atoms with E-state index in [1.54, 1.807) is 37.3 Å². The van der Waals surface area contributed by atoms with Gasteiger partial charge in [0, 0.05) is 17.5 Å². The number of hydrogen-bond donors (Lipinski definition) is 4. The maximum absolute atomic E-state index is 12.2. The van der Waals surface area contributed by atoms with E-state index >= 15 is 0 Å². The minimum atomic E-state index is -1.01. The number of benzene rings is 1. The van der Waals surface area contributed by atoms with Crippen molar-refractivity contribution in [1.82, 2.24) is 10.8 Å². The third kappa shape index (κ3) is 5.23. The zero-order chi connectivity index (χ0) is 17.5. The average molecular weight is 327 g/mol. The summed E-state index contributed by atoms with van der Waals surface area (Å²) in [5.41, 5.74) is 8.47. The van der Waals surface area contributed by atoms with E-state index in [4.69, 9.17) is 10.9 Å². The van der Waals surface area contributed by atoms with Gasteiger partial charge in [-0.2, -0.15) is 0 Å². The number of carbonyl (C=O) groups is 2. The summed E-state index contributed by atoms with van der Waals surface area (Å²) >= 11 is 0. The van der Waals surface area contributed by atoms with Crippen LogP contribution in [-0.4, -0.2) is 29.1 Å². The molecular formula is C18H21N3O3. The third-order valence-corrected chi connectivity index (χ3v) is 3.60. The second-order valence-corrected chi connectivity index (χ2v) is 5.80. The zero-order valence-electron chi connectivity index (χ0n) is 13.5.